The van der Waals surface area contributed by atoms with Gasteiger partial charge in [-0.2, -0.15) is 0 Å². The van der Waals surface area contributed by atoms with Crippen LogP contribution in [0.1, 0.15) is 12.0 Å². The first-order valence-electron chi connectivity index (χ1n) is 10.1. The van der Waals surface area contributed by atoms with Crippen molar-refractivity contribution in [2.45, 2.75) is 12.0 Å². The molecule has 1 N–H and O–H groups in total. The van der Waals surface area contributed by atoms with Crippen LogP contribution in [0.3, 0.4) is 0 Å². The zero-order valence-corrected chi connectivity index (χ0v) is 18.1. The maximum Gasteiger partial charge on any atom is 0.255 e. The SMILES string of the molecule is COc1ccc(C2(C(=O)Nc3cccc(OC)c3)CC(=O)N2c2cccc(OC)c2)cc1. The van der Waals surface area contributed by atoms with Gasteiger partial charge in [0, 0.05) is 23.5 Å². The number of nitrogens with zero attached hydrogens (tertiary/aromatic N) is 1. The van der Waals surface area contributed by atoms with Crippen LogP contribution in [0.5, 0.6) is 17.2 Å². The van der Waals surface area contributed by atoms with E-state index in [2.05, 4.69) is 5.32 Å². The molecule has 0 bridgehead atoms. The van der Waals surface area contributed by atoms with Crippen LogP contribution in [0.2, 0.25) is 0 Å². The van der Waals surface area contributed by atoms with E-state index in [0.717, 1.165) is 0 Å². The summed E-state index contributed by atoms with van der Waals surface area (Å²) in [6.07, 6.45) is 0.0341. The molecule has 0 saturated carbocycles. The molecule has 1 saturated heterocycles. The number of β-lactam (4-membered cyclic amide) rings is 1. The zero-order valence-electron chi connectivity index (χ0n) is 18.1. The fourth-order valence-electron chi connectivity index (χ4n) is 3.96. The molecule has 0 radical (unpaired) electrons. The van der Waals surface area contributed by atoms with Gasteiger partial charge in [-0.15, -0.1) is 0 Å². The van der Waals surface area contributed by atoms with Crippen molar-refractivity contribution in [1.29, 1.82) is 0 Å². The van der Waals surface area contributed by atoms with E-state index < -0.39 is 5.54 Å². The fourth-order valence-corrected chi connectivity index (χ4v) is 3.96. The van der Waals surface area contributed by atoms with Crippen LogP contribution in [-0.2, 0) is 15.1 Å². The molecule has 0 aromatic heterocycles. The molecule has 32 heavy (non-hydrogen) atoms. The van der Waals surface area contributed by atoms with Crippen molar-refractivity contribution < 1.29 is 23.8 Å². The van der Waals surface area contributed by atoms with Gasteiger partial charge < -0.3 is 19.5 Å². The van der Waals surface area contributed by atoms with Crippen molar-refractivity contribution in [3.63, 3.8) is 0 Å². The maximum absolute atomic E-state index is 13.7. The standard InChI is InChI=1S/C25H24N2O5/c1-30-20-12-10-17(11-13-20)25(24(29)26-18-6-4-8-21(14-18)31-2)16-23(28)27(25)19-7-5-9-22(15-19)32-3/h4-15H,16H2,1-3H3,(H,26,29). The number of ether oxygens (including phenoxy) is 3. The van der Waals surface area contributed by atoms with Crippen molar-refractivity contribution in [2.24, 2.45) is 0 Å². The molecule has 2 amide bonds. The van der Waals surface area contributed by atoms with Gasteiger partial charge in [0.2, 0.25) is 5.91 Å². The van der Waals surface area contributed by atoms with Crippen LogP contribution in [0, 0.1) is 0 Å². The Kier molecular flexibility index (Phi) is 5.73. The lowest BCUT2D eigenvalue weighted by Crippen LogP contribution is -2.67. The smallest absolute Gasteiger partial charge is 0.255 e. The van der Waals surface area contributed by atoms with Crippen molar-refractivity contribution in [2.75, 3.05) is 31.5 Å². The minimum Gasteiger partial charge on any atom is -0.497 e. The minimum atomic E-state index is -1.22. The highest BCUT2D eigenvalue weighted by atomic mass is 16.5. The molecule has 1 fully saturated rings. The van der Waals surface area contributed by atoms with E-state index in [1.54, 1.807) is 82.0 Å². The topological polar surface area (TPSA) is 77.1 Å². The number of carbonyl (C=O) groups is 2. The number of hydrogen-bond acceptors (Lipinski definition) is 5. The highest BCUT2D eigenvalue weighted by Gasteiger charge is 2.58. The Labute approximate surface area is 186 Å². The van der Waals surface area contributed by atoms with Crippen LogP contribution in [-0.4, -0.2) is 33.1 Å². The van der Waals surface area contributed by atoms with Crippen molar-refractivity contribution >= 4 is 23.2 Å². The molecular weight excluding hydrogens is 408 g/mol. The van der Waals surface area contributed by atoms with Crippen LogP contribution < -0.4 is 24.4 Å². The summed E-state index contributed by atoms with van der Waals surface area (Å²) >= 11 is 0. The first-order valence-corrected chi connectivity index (χ1v) is 10.1. The van der Waals surface area contributed by atoms with E-state index in [-0.39, 0.29) is 18.2 Å². The molecular formula is C25H24N2O5. The summed E-state index contributed by atoms with van der Waals surface area (Å²) < 4.78 is 15.9. The Bertz CT molecular complexity index is 1150. The predicted octanol–water partition coefficient (Wildman–Crippen LogP) is 3.98. The fraction of sp³-hybridized carbons (Fsp3) is 0.200. The zero-order chi connectivity index (χ0) is 22.7. The van der Waals surface area contributed by atoms with E-state index in [4.69, 9.17) is 14.2 Å². The molecule has 0 aliphatic carbocycles. The first kappa shape index (κ1) is 21.2. The molecule has 7 nitrogen and oxygen atoms in total. The van der Waals surface area contributed by atoms with E-state index in [1.807, 2.05) is 12.1 Å². The van der Waals surface area contributed by atoms with Gasteiger partial charge in [-0.3, -0.25) is 14.5 Å². The molecule has 4 rings (SSSR count). The van der Waals surface area contributed by atoms with Gasteiger partial charge in [0.05, 0.1) is 27.8 Å². The molecule has 1 aliphatic heterocycles. The second-order valence-corrected chi connectivity index (χ2v) is 7.38. The van der Waals surface area contributed by atoms with Gasteiger partial charge in [0.1, 0.15) is 17.2 Å². The summed E-state index contributed by atoms with van der Waals surface area (Å²) in [6.45, 7) is 0. The molecule has 1 aliphatic rings. The summed E-state index contributed by atoms with van der Waals surface area (Å²) in [4.78, 5) is 28.1. The van der Waals surface area contributed by atoms with Crippen molar-refractivity contribution in [3.05, 3.63) is 78.4 Å². The molecule has 3 aromatic carbocycles. The summed E-state index contributed by atoms with van der Waals surface area (Å²) in [5.74, 6) is 1.40. The Balaban J connectivity index is 1.79. The molecule has 0 spiro atoms. The minimum absolute atomic E-state index is 0.0341. The van der Waals surface area contributed by atoms with Gasteiger partial charge >= 0.3 is 0 Å². The number of amides is 2. The monoisotopic (exact) mass is 432 g/mol. The number of nitrogens with one attached hydrogen (secondary N) is 1. The summed E-state index contributed by atoms with van der Waals surface area (Å²) in [5.41, 5.74) is 0.615. The second-order valence-electron chi connectivity index (χ2n) is 7.38. The van der Waals surface area contributed by atoms with Gasteiger partial charge in [0.25, 0.3) is 5.91 Å². The van der Waals surface area contributed by atoms with Gasteiger partial charge in [-0.25, -0.2) is 0 Å². The van der Waals surface area contributed by atoms with E-state index >= 15 is 0 Å². The van der Waals surface area contributed by atoms with Crippen LogP contribution in [0.4, 0.5) is 11.4 Å². The summed E-state index contributed by atoms with van der Waals surface area (Å²) in [6, 6.07) is 21.4. The van der Waals surface area contributed by atoms with E-state index in [9.17, 15) is 9.59 Å². The Morgan fingerprint density at radius 3 is 2.09 bits per heavy atom. The number of carbonyl (C=O) groups excluding carboxylic acids is 2. The molecule has 1 atom stereocenters. The lowest BCUT2D eigenvalue weighted by atomic mass is 9.76. The van der Waals surface area contributed by atoms with Crippen LogP contribution in [0.15, 0.2) is 72.8 Å². The van der Waals surface area contributed by atoms with Crippen LogP contribution in [0.25, 0.3) is 0 Å². The Morgan fingerprint density at radius 2 is 1.47 bits per heavy atom. The quantitative estimate of drug-likeness (QED) is 0.572. The average Bonchev–Trinajstić information content (AvgIpc) is 2.82. The molecule has 164 valence electrons. The molecule has 7 heteroatoms. The van der Waals surface area contributed by atoms with E-state index in [0.29, 0.717) is 34.2 Å². The highest BCUT2D eigenvalue weighted by molar-refractivity contribution is 6.17. The normalized spacial score (nSPS) is 17.3. The molecule has 1 heterocycles. The van der Waals surface area contributed by atoms with E-state index in [1.165, 1.54) is 4.90 Å². The lowest BCUT2D eigenvalue weighted by Gasteiger charge is -2.50. The Morgan fingerprint density at radius 1 is 0.844 bits per heavy atom. The number of hydrogen-bond donors (Lipinski definition) is 1. The third-order valence-electron chi connectivity index (χ3n) is 5.62. The Hall–Kier alpha value is -4.00. The van der Waals surface area contributed by atoms with Crippen LogP contribution >= 0.6 is 0 Å². The summed E-state index contributed by atoms with van der Waals surface area (Å²) in [7, 11) is 4.70. The third-order valence-corrected chi connectivity index (χ3v) is 5.62. The summed E-state index contributed by atoms with van der Waals surface area (Å²) in [5, 5.41) is 2.96. The lowest BCUT2D eigenvalue weighted by molar-refractivity contribution is -0.137. The van der Waals surface area contributed by atoms with Crippen molar-refractivity contribution in [3.8, 4) is 17.2 Å². The number of rotatable bonds is 7. The average molecular weight is 432 g/mol. The first-order chi connectivity index (χ1) is 15.5. The van der Waals surface area contributed by atoms with Gasteiger partial charge in [-0.05, 0) is 42.0 Å². The van der Waals surface area contributed by atoms with Gasteiger partial charge in [-0.1, -0.05) is 24.3 Å². The highest BCUT2D eigenvalue weighted by Crippen LogP contribution is 2.46. The van der Waals surface area contributed by atoms with Crippen molar-refractivity contribution in [1.82, 2.24) is 0 Å². The van der Waals surface area contributed by atoms with Gasteiger partial charge in [0.15, 0.2) is 5.54 Å². The third kappa shape index (κ3) is 3.62. The number of benzene rings is 3. The largest absolute Gasteiger partial charge is 0.497 e. The second kappa shape index (κ2) is 8.63. The maximum atomic E-state index is 13.7. The molecule has 3 aromatic rings. The number of anilines is 2. The molecule has 1 unspecified atom stereocenters. The number of methoxy groups -OCH3 is 3. The predicted molar refractivity (Wildman–Crippen MR) is 121 cm³/mol.